The third-order valence-electron chi connectivity index (χ3n) is 1.12. The van der Waals surface area contributed by atoms with Crippen molar-refractivity contribution in [3.8, 4) is 0 Å². The number of carbonyl (C=O) groups is 1. The van der Waals surface area contributed by atoms with Gasteiger partial charge < -0.3 is 9.52 Å². The molecule has 1 rings (SSSR count). The third kappa shape index (κ3) is 2.91. The average Bonchev–Trinajstić information content (AvgIpc) is 2.19. The van der Waals surface area contributed by atoms with Gasteiger partial charge in [-0.1, -0.05) is 0 Å². The van der Waals surface area contributed by atoms with E-state index in [4.69, 9.17) is 14.3 Å². The number of hydrogen-bond acceptors (Lipinski definition) is 2. The molecule has 1 heterocycles. The first-order valence-corrected chi connectivity index (χ1v) is 2.81. The predicted molar refractivity (Wildman–Crippen MR) is 36.9 cm³/mol. The maximum absolute atomic E-state index is 8.36. The van der Waals surface area contributed by atoms with Crippen molar-refractivity contribution < 1.29 is 14.3 Å². The van der Waals surface area contributed by atoms with Crippen LogP contribution in [0.3, 0.4) is 0 Å². The van der Waals surface area contributed by atoms with Crippen molar-refractivity contribution in [2.75, 3.05) is 0 Å². The highest BCUT2D eigenvalue weighted by atomic mass is 16.3. The van der Waals surface area contributed by atoms with Crippen LogP contribution in [0.25, 0.3) is 0 Å². The molecule has 0 saturated carbocycles. The minimum Gasteiger partial charge on any atom is -0.483 e. The number of carboxylic acid groups (broad SMARTS) is 1. The minimum absolute atomic E-state index is 0.250. The van der Waals surface area contributed by atoms with Crippen LogP contribution in [0.15, 0.2) is 16.7 Å². The zero-order valence-corrected chi connectivity index (χ0v) is 6.00. The van der Waals surface area contributed by atoms with Crippen molar-refractivity contribution in [2.24, 2.45) is 0 Å². The predicted octanol–water partition coefficient (Wildman–Crippen LogP) is 1.60. The summed E-state index contributed by atoms with van der Waals surface area (Å²) >= 11 is 0. The molecule has 1 N–H and O–H groups in total. The van der Waals surface area contributed by atoms with Crippen LogP contribution < -0.4 is 0 Å². The van der Waals surface area contributed by atoms with Gasteiger partial charge in [0.1, 0.15) is 5.76 Å². The Labute approximate surface area is 59.3 Å². The van der Waals surface area contributed by atoms with E-state index in [1.54, 1.807) is 6.26 Å². The van der Waals surface area contributed by atoms with Crippen molar-refractivity contribution in [3.05, 3.63) is 23.7 Å². The summed E-state index contributed by atoms with van der Waals surface area (Å²) in [7, 11) is 0. The minimum atomic E-state index is -0.250. The summed E-state index contributed by atoms with van der Waals surface area (Å²) in [6.07, 6.45) is 1.70. The molecular weight excluding hydrogens is 132 g/mol. The van der Waals surface area contributed by atoms with Gasteiger partial charge in [0, 0.05) is 0 Å². The monoisotopic (exact) mass is 142 g/mol. The fourth-order valence-corrected chi connectivity index (χ4v) is 0.448. The molecule has 0 amide bonds. The van der Waals surface area contributed by atoms with Gasteiger partial charge in [0.25, 0.3) is 6.47 Å². The van der Waals surface area contributed by atoms with E-state index in [9.17, 15) is 0 Å². The Morgan fingerprint density at radius 2 is 2.10 bits per heavy atom. The molecule has 0 aliphatic heterocycles. The van der Waals surface area contributed by atoms with Crippen LogP contribution in [-0.2, 0) is 4.79 Å². The van der Waals surface area contributed by atoms with E-state index in [1.165, 1.54) is 5.56 Å². The molecule has 0 bridgehead atoms. The van der Waals surface area contributed by atoms with E-state index in [0.717, 1.165) is 5.76 Å². The van der Waals surface area contributed by atoms with Gasteiger partial charge in [-0.3, -0.25) is 4.79 Å². The fourth-order valence-electron chi connectivity index (χ4n) is 0.448. The van der Waals surface area contributed by atoms with Crippen LogP contribution in [0, 0.1) is 13.8 Å². The van der Waals surface area contributed by atoms with E-state index < -0.39 is 0 Å². The normalized spacial score (nSPS) is 7.80. The first-order valence-electron chi connectivity index (χ1n) is 2.81. The standard InChI is InChI=1S/C6H8O.CH2O2/c1-5-3-4-7-6(5)2;2-1-3/h3-4H,1-2H3;1H,(H,2,3). The van der Waals surface area contributed by atoms with Crippen LogP contribution in [0.1, 0.15) is 11.3 Å². The molecule has 3 nitrogen and oxygen atoms in total. The number of hydrogen-bond donors (Lipinski definition) is 1. The van der Waals surface area contributed by atoms with Gasteiger partial charge >= 0.3 is 0 Å². The second-order valence-corrected chi connectivity index (χ2v) is 1.77. The molecule has 10 heavy (non-hydrogen) atoms. The van der Waals surface area contributed by atoms with Crippen LogP contribution in [0.5, 0.6) is 0 Å². The summed E-state index contributed by atoms with van der Waals surface area (Å²) in [6, 6.07) is 1.95. The molecule has 3 heteroatoms. The van der Waals surface area contributed by atoms with E-state index >= 15 is 0 Å². The van der Waals surface area contributed by atoms with E-state index in [0.29, 0.717) is 0 Å². The second-order valence-electron chi connectivity index (χ2n) is 1.77. The summed E-state index contributed by atoms with van der Waals surface area (Å²) in [4.78, 5) is 8.36. The third-order valence-corrected chi connectivity index (χ3v) is 1.12. The molecule has 0 spiro atoms. The molecule has 0 aliphatic rings. The molecule has 1 aromatic rings. The largest absolute Gasteiger partial charge is 0.483 e. The van der Waals surface area contributed by atoms with Crippen molar-refractivity contribution >= 4 is 6.47 Å². The van der Waals surface area contributed by atoms with Crippen molar-refractivity contribution in [2.45, 2.75) is 13.8 Å². The lowest BCUT2D eigenvalue weighted by molar-refractivity contribution is -0.122. The van der Waals surface area contributed by atoms with Crippen molar-refractivity contribution in [3.63, 3.8) is 0 Å². The highest BCUT2D eigenvalue weighted by molar-refractivity contribution is 5.32. The summed E-state index contributed by atoms with van der Waals surface area (Å²) in [6.45, 7) is 3.73. The maximum Gasteiger partial charge on any atom is 0.290 e. The molecule has 0 radical (unpaired) electrons. The number of rotatable bonds is 0. The van der Waals surface area contributed by atoms with E-state index in [2.05, 4.69) is 0 Å². The highest BCUT2D eigenvalue weighted by Crippen LogP contribution is 2.04. The Morgan fingerprint density at radius 3 is 2.20 bits per heavy atom. The maximum atomic E-state index is 8.36. The number of furan rings is 1. The topological polar surface area (TPSA) is 50.4 Å². The summed E-state index contributed by atoms with van der Waals surface area (Å²) in [5.41, 5.74) is 1.22. The molecule has 0 aliphatic carbocycles. The van der Waals surface area contributed by atoms with E-state index in [-0.39, 0.29) is 6.47 Å². The molecular formula is C7H10O3. The van der Waals surface area contributed by atoms with Gasteiger partial charge in [-0.15, -0.1) is 0 Å². The Morgan fingerprint density at radius 1 is 1.60 bits per heavy atom. The molecule has 0 unspecified atom stereocenters. The van der Waals surface area contributed by atoms with Crippen LogP contribution in [0.2, 0.25) is 0 Å². The van der Waals surface area contributed by atoms with Crippen molar-refractivity contribution in [1.82, 2.24) is 0 Å². The summed E-state index contributed by atoms with van der Waals surface area (Å²) < 4.78 is 4.96. The zero-order chi connectivity index (χ0) is 7.98. The fraction of sp³-hybridized carbons (Fsp3) is 0.286. The lowest BCUT2D eigenvalue weighted by atomic mass is 10.3. The van der Waals surface area contributed by atoms with Gasteiger partial charge in [0.05, 0.1) is 6.26 Å². The Kier molecular flexibility index (Phi) is 4.04. The molecule has 0 saturated heterocycles. The molecule has 0 fully saturated rings. The van der Waals surface area contributed by atoms with Crippen LogP contribution >= 0.6 is 0 Å². The molecule has 1 aromatic heterocycles. The molecule has 0 aromatic carbocycles. The van der Waals surface area contributed by atoms with Gasteiger partial charge in [0.15, 0.2) is 0 Å². The van der Waals surface area contributed by atoms with Crippen LogP contribution in [0.4, 0.5) is 0 Å². The lowest BCUT2D eigenvalue weighted by Crippen LogP contribution is -1.63. The smallest absolute Gasteiger partial charge is 0.290 e. The summed E-state index contributed by atoms with van der Waals surface area (Å²) in [5, 5.41) is 6.89. The quantitative estimate of drug-likeness (QED) is 0.559. The Balaban J connectivity index is 0.000000236. The molecule has 56 valence electrons. The van der Waals surface area contributed by atoms with Gasteiger partial charge in [-0.05, 0) is 25.5 Å². The first-order chi connectivity index (χ1) is 4.72. The van der Waals surface area contributed by atoms with Crippen molar-refractivity contribution in [1.29, 1.82) is 0 Å². The van der Waals surface area contributed by atoms with Crippen LogP contribution in [-0.4, -0.2) is 11.6 Å². The van der Waals surface area contributed by atoms with Gasteiger partial charge in [-0.2, -0.15) is 0 Å². The SMILES string of the molecule is Cc1ccoc1C.O=CO. The van der Waals surface area contributed by atoms with E-state index in [1.807, 2.05) is 19.9 Å². The van der Waals surface area contributed by atoms with Gasteiger partial charge in [0.2, 0.25) is 0 Å². The first kappa shape index (κ1) is 8.75. The highest BCUT2D eigenvalue weighted by Gasteiger charge is 1.88. The Bertz CT molecular complexity index is 174. The Hall–Kier alpha value is -1.25. The zero-order valence-electron chi connectivity index (χ0n) is 6.00. The molecule has 0 atom stereocenters. The second kappa shape index (κ2) is 4.61. The summed E-state index contributed by atoms with van der Waals surface area (Å²) in [5.74, 6) is 1.01. The number of aryl methyl sites for hydroxylation is 2. The lowest BCUT2D eigenvalue weighted by Gasteiger charge is -1.79. The average molecular weight is 142 g/mol. The van der Waals surface area contributed by atoms with Gasteiger partial charge in [-0.25, -0.2) is 0 Å².